The average molecular weight is 596 g/mol. The molecule has 42 heavy (non-hydrogen) atoms. The van der Waals surface area contributed by atoms with Gasteiger partial charge in [0, 0.05) is 39.2 Å². The van der Waals surface area contributed by atoms with Crippen LogP contribution in [0.15, 0.2) is 18.2 Å². The van der Waals surface area contributed by atoms with Crippen LogP contribution in [0.3, 0.4) is 0 Å². The van der Waals surface area contributed by atoms with Crippen LogP contribution in [0, 0.1) is 11.8 Å². The minimum absolute atomic E-state index is 0.0184. The van der Waals surface area contributed by atoms with E-state index < -0.39 is 24.6 Å². The molecule has 0 radical (unpaired) electrons. The van der Waals surface area contributed by atoms with Crippen molar-refractivity contribution in [3.05, 3.63) is 29.3 Å². The van der Waals surface area contributed by atoms with Gasteiger partial charge in [-0.25, -0.2) is 9.69 Å². The molecular weight excluding hydrogens is 546 g/mol. The zero-order chi connectivity index (χ0) is 29.5. The number of carbonyl (C=O) groups excluding carboxylic acids is 2. The monoisotopic (exact) mass is 595 g/mol. The standard InChI is InChI=1S/C33H49N3O5Si/c1-40-26-10-9-25-17-28-33(39)12-11-32(21-31(33,27(25)18-26)13-14-34(28)19-23-5-6-23)29(37)35(22-41-15-16-42(2,3)4)30(38)36(32)20-24-7-8-24/h9-10,18,23-24,28,39H,5-8,11-17,19-22H2,1-4H3/t28-,31-,32+,33-/m1/s1. The summed E-state index contributed by atoms with van der Waals surface area (Å²) in [5, 5.41) is 12.9. The first-order valence-corrected chi connectivity index (χ1v) is 20.1. The van der Waals surface area contributed by atoms with Gasteiger partial charge in [-0.15, -0.1) is 0 Å². The van der Waals surface area contributed by atoms with Crippen LogP contribution in [-0.4, -0.2) is 97.1 Å². The van der Waals surface area contributed by atoms with Crippen molar-refractivity contribution in [2.45, 2.75) is 106 Å². The number of fused-ring (bicyclic) bond motifs is 1. The molecule has 4 aliphatic carbocycles. The maximum Gasteiger partial charge on any atom is 0.329 e. The molecule has 1 aromatic carbocycles. The summed E-state index contributed by atoms with van der Waals surface area (Å²) in [6, 6.07) is 7.14. The molecule has 6 aliphatic rings. The zero-order valence-electron chi connectivity index (χ0n) is 26.0. The summed E-state index contributed by atoms with van der Waals surface area (Å²) < 4.78 is 11.7. The van der Waals surface area contributed by atoms with Crippen molar-refractivity contribution in [2.24, 2.45) is 11.8 Å². The van der Waals surface area contributed by atoms with Gasteiger partial charge in [0.2, 0.25) is 0 Å². The third kappa shape index (κ3) is 4.56. The number of imide groups is 1. The van der Waals surface area contributed by atoms with Crippen LogP contribution in [-0.2, 0) is 21.4 Å². The summed E-state index contributed by atoms with van der Waals surface area (Å²) in [7, 11) is 0.392. The van der Waals surface area contributed by atoms with E-state index in [0.29, 0.717) is 38.3 Å². The van der Waals surface area contributed by atoms with Gasteiger partial charge >= 0.3 is 6.03 Å². The molecule has 2 aliphatic heterocycles. The Morgan fingerprint density at radius 2 is 1.76 bits per heavy atom. The van der Waals surface area contributed by atoms with Crippen molar-refractivity contribution in [2.75, 3.05) is 40.1 Å². The number of hydrogen-bond donors (Lipinski definition) is 1. The third-order valence-corrected chi connectivity index (χ3v) is 13.3. The van der Waals surface area contributed by atoms with Gasteiger partial charge in [0.25, 0.3) is 5.91 Å². The summed E-state index contributed by atoms with van der Waals surface area (Å²) in [5.74, 6) is 1.86. The van der Waals surface area contributed by atoms with Gasteiger partial charge in [-0.2, -0.15) is 0 Å². The van der Waals surface area contributed by atoms with Crippen LogP contribution in [0.1, 0.15) is 62.5 Å². The molecule has 0 unspecified atom stereocenters. The van der Waals surface area contributed by atoms with E-state index in [2.05, 4.69) is 36.7 Å². The Morgan fingerprint density at radius 1 is 1.02 bits per heavy atom. The highest BCUT2D eigenvalue weighted by atomic mass is 28.3. The summed E-state index contributed by atoms with van der Waals surface area (Å²) in [5.41, 5.74) is -0.151. The summed E-state index contributed by atoms with van der Waals surface area (Å²) in [6.45, 7) is 10.1. The highest BCUT2D eigenvalue weighted by Gasteiger charge is 2.72. The number of rotatable bonds is 10. The third-order valence-electron chi connectivity index (χ3n) is 11.6. The zero-order valence-corrected chi connectivity index (χ0v) is 27.0. The second-order valence-electron chi connectivity index (χ2n) is 15.6. The van der Waals surface area contributed by atoms with Gasteiger partial charge in [0.05, 0.1) is 12.7 Å². The molecule has 4 atom stereocenters. The average Bonchev–Trinajstić information content (AvgIpc) is 3.88. The molecular formula is C33H49N3O5Si. The van der Waals surface area contributed by atoms with Gasteiger partial charge in [-0.1, -0.05) is 25.7 Å². The lowest BCUT2D eigenvalue weighted by atomic mass is 9.46. The first-order valence-electron chi connectivity index (χ1n) is 16.3. The van der Waals surface area contributed by atoms with Crippen LogP contribution < -0.4 is 4.74 Å². The molecule has 9 heteroatoms. The number of ether oxygens (including phenoxy) is 2. The quantitative estimate of drug-likeness (QED) is 0.242. The number of amides is 3. The van der Waals surface area contributed by atoms with Crippen molar-refractivity contribution >= 4 is 20.0 Å². The highest BCUT2D eigenvalue weighted by Crippen LogP contribution is 2.63. The normalized spacial score (nSPS) is 34.6. The fraction of sp³-hybridized carbons (Fsp3) is 0.758. The van der Waals surface area contributed by atoms with Crippen LogP contribution in [0.25, 0.3) is 0 Å². The Hall–Kier alpha value is -1.94. The number of nitrogens with zero attached hydrogens (tertiary/aromatic N) is 3. The van der Waals surface area contributed by atoms with Gasteiger partial charge in [-0.3, -0.25) is 9.69 Å². The fourth-order valence-electron chi connectivity index (χ4n) is 8.74. The van der Waals surface area contributed by atoms with Crippen LogP contribution in [0.2, 0.25) is 25.7 Å². The second-order valence-corrected chi connectivity index (χ2v) is 21.2. The Bertz CT molecular complexity index is 1260. The number of likely N-dealkylation sites (tertiary alicyclic amines) is 1. The minimum Gasteiger partial charge on any atom is -0.497 e. The van der Waals surface area contributed by atoms with E-state index in [-0.39, 0.29) is 24.7 Å². The van der Waals surface area contributed by atoms with Gasteiger partial charge in [0.1, 0.15) is 18.0 Å². The molecule has 2 saturated heterocycles. The van der Waals surface area contributed by atoms with Gasteiger partial charge < -0.3 is 19.5 Å². The van der Waals surface area contributed by atoms with E-state index >= 15 is 0 Å². The predicted molar refractivity (Wildman–Crippen MR) is 163 cm³/mol. The lowest BCUT2D eigenvalue weighted by Crippen LogP contribution is -2.76. The molecule has 2 heterocycles. The van der Waals surface area contributed by atoms with E-state index in [1.165, 1.54) is 23.3 Å². The molecule has 2 bridgehead atoms. The van der Waals surface area contributed by atoms with Gasteiger partial charge in [0.15, 0.2) is 0 Å². The number of methoxy groups -OCH3 is 1. The number of carbonyl (C=O) groups is 2. The lowest BCUT2D eigenvalue weighted by molar-refractivity contribution is -0.189. The highest BCUT2D eigenvalue weighted by molar-refractivity contribution is 6.76. The predicted octanol–water partition coefficient (Wildman–Crippen LogP) is 4.61. The number of urea groups is 1. The van der Waals surface area contributed by atoms with Crippen molar-refractivity contribution in [1.82, 2.24) is 14.7 Å². The van der Waals surface area contributed by atoms with Gasteiger partial charge in [-0.05, 0) is 105 Å². The van der Waals surface area contributed by atoms with E-state index in [4.69, 9.17) is 9.47 Å². The topological polar surface area (TPSA) is 82.5 Å². The van der Waals surface area contributed by atoms with E-state index in [1.54, 1.807) is 7.11 Å². The van der Waals surface area contributed by atoms with Crippen molar-refractivity contribution in [3.63, 3.8) is 0 Å². The molecule has 1 N–H and O–H groups in total. The minimum atomic E-state index is -1.30. The van der Waals surface area contributed by atoms with E-state index in [1.807, 2.05) is 11.0 Å². The summed E-state index contributed by atoms with van der Waals surface area (Å²) in [6.07, 6.45) is 7.85. The van der Waals surface area contributed by atoms with Crippen molar-refractivity contribution in [1.29, 1.82) is 0 Å². The smallest absolute Gasteiger partial charge is 0.329 e. The summed E-state index contributed by atoms with van der Waals surface area (Å²) >= 11 is 0. The Labute approximate surface area is 251 Å². The number of hydrogen-bond acceptors (Lipinski definition) is 6. The molecule has 3 saturated carbocycles. The molecule has 1 spiro atoms. The molecule has 1 aromatic rings. The molecule has 5 fully saturated rings. The Kier molecular flexibility index (Phi) is 6.89. The lowest BCUT2D eigenvalue weighted by Gasteiger charge is -2.66. The van der Waals surface area contributed by atoms with Crippen LogP contribution in [0.4, 0.5) is 4.79 Å². The molecule has 8 nitrogen and oxygen atoms in total. The first kappa shape index (κ1) is 28.8. The van der Waals surface area contributed by atoms with E-state index in [0.717, 1.165) is 62.0 Å². The second kappa shape index (κ2) is 10.0. The molecule has 3 amide bonds. The first-order chi connectivity index (χ1) is 20.0. The van der Waals surface area contributed by atoms with Crippen molar-refractivity contribution in [3.8, 4) is 5.75 Å². The SMILES string of the molecule is COc1ccc2c(c1)[C@]13CCN(CC4CC4)[C@H](C2)[C@]1(O)CC[C@]1(C3)C(=O)N(COCC[Si](C)(C)C)C(=O)N1CC1CC1. The molecule has 7 rings (SSSR count). The van der Waals surface area contributed by atoms with E-state index in [9.17, 15) is 14.7 Å². The number of benzene rings is 1. The number of piperidine rings is 1. The number of aliphatic hydroxyl groups is 1. The molecule has 0 aromatic heterocycles. The van der Waals surface area contributed by atoms with Crippen LogP contribution in [0.5, 0.6) is 5.75 Å². The maximum absolute atomic E-state index is 14.6. The largest absolute Gasteiger partial charge is 0.497 e. The Balaban J connectivity index is 1.26. The molecule has 230 valence electrons. The Morgan fingerprint density at radius 3 is 2.45 bits per heavy atom. The fourth-order valence-corrected chi connectivity index (χ4v) is 9.50. The summed E-state index contributed by atoms with van der Waals surface area (Å²) in [4.78, 5) is 34.5. The maximum atomic E-state index is 14.6. The van der Waals surface area contributed by atoms with Crippen LogP contribution >= 0.6 is 0 Å². The van der Waals surface area contributed by atoms with Crippen molar-refractivity contribution < 1.29 is 24.2 Å².